The summed E-state index contributed by atoms with van der Waals surface area (Å²) in [6, 6.07) is 12.6. The number of carbonyl (C=O) groups is 2. The van der Waals surface area contributed by atoms with Crippen molar-refractivity contribution in [2.45, 2.75) is 19.9 Å². The third-order valence-electron chi connectivity index (χ3n) is 4.82. The number of rotatable bonds is 2. The van der Waals surface area contributed by atoms with Crippen LogP contribution in [-0.2, 0) is 16.1 Å². The molecule has 2 aromatic carbocycles. The maximum atomic E-state index is 12.8. The Hall–Kier alpha value is -3.74. The van der Waals surface area contributed by atoms with Gasteiger partial charge in [-0.2, -0.15) is 0 Å². The number of anilines is 1. The van der Waals surface area contributed by atoms with Crippen molar-refractivity contribution in [1.29, 1.82) is 0 Å². The molecule has 1 aromatic heterocycles. The zero-order chi connectivity index (χ0) is 19.8. The number of nitrogens with zero attached hydrogens (tertiary/aromatic N) is 2. The van der Waals surface area contributed by atoms with Gasteiger partial charge in [0.2, 0.25) is 0 Å². The maximum Gasteiger partial charge on any atom is 0.394 e. The molecule has 7 nitrogen and oxygen atoms in total. The minimum Gasteiger partial charge on any atom is -0.474 e. The molecular formula is C21H17N3O4. The van der Waals surface area contributed by atoms with E-state index in [0.717, 1.165) is 16.7 Å². The number of allylic oxidation sites excluding steroid dienone is 1. The maximum absolute atomic E-state index is 12.8. The number of aromatic nitrogens is 2. The van der Waals surface area contributed by atoms with Crippen LogP contribution in [0.15, 0.2) is 47.3 Å². The molecule has 3 aromatic rings. The average Bonchev–Trinajstić information content (AvgIpc) is 3.06. The summed E-state index contributed by atoms with van der Waals surface area (Å²) < 4.78 is 1.65. The van der Waals surface area contributed by atoms with E-state index in [1.165, 1.54) is 12.1 Å². The van der Waals surface area contributed by atoms with Crippen molar-refractivity contribution in [2.24, 2.45) is 0 Å². The van der Waals surface area contributed by atoms with Crippen molar-refractivity contribution in [3.05, 3.63) is 69.8 Å². The van der Waals surface area contributed by atoms with Gasteiger partial charge in [-0.05, 0) is 54.3 Å². The molecule has 0 saturated carbocycles. The van der Waals surface area contributed by atoms with E-state index < -0.39 is 11.9 Å². The summed E-state index contributed by atoms with van der Waals surface area (Å²) in [5.41, 5.74) is 3.71. The second-order valence-electron chi connectivity index (χ2n) is 6.66. The molecular weight excluding hydrogens is 358 g/mol. The van der Waals surface area contributed by atoms with Crippen molar-refractivity contribution >= 4 is 40.1 Å². The van der Waals surface area contributed by atoms with E-state index >= 15 is 0 Å². The molecule has 0 aliphatic carbocycles. The Morgan fingerprint density at radius 1 is 1.21 bits per heavy atom. The Labute approximate surface area is 160 Å². The lowest BCUT2D eigenvalue weighted by atomic mass is 10.0. The molecule has 0 atom stereocenters. The first-order valence-electron chi connectivity index (χ1n) is 8.79. The Morgan fingerprint density at radius 3 is 2.75 bits per heavy atom. The van der Waals surface area contributed by atoms with Gasteiger partial charge < -0.3 is 10.4 Å². The van der Waals surface area contributed by atoms with Crippen LogP contribution in [0.2, 0.25) is 0 Å². The number of amides is 1. The third-order valence-corrected chi connectivity index (χ3v) is 4.82. The van der Waals surface area contributed by atoms with Crippen molar-refractivity contribution in [2.75, 3.05) is 5.32 Å². The zero-order valence-electron chi connectivity index (χ0n) is 15.1. The highest BCUT2D eigenvalue weighted by Gasteiger charge is 2.21. The SMILES string of the molecule is Cc1ccccc1C=C1CCn2c1nc1cc(NC(=O)C(=O)O)ccc1c2=O. The average molecular weight is 375 g/mol. The first-order chi connectivity index (χ1) is 13.4. The van der Waals surface area contributed by atoms with Crippen LogP contribution in [-0.4, -0.2) is 26.5 Å². The summed E-state index contributed by atoms with van der Waals surface area (Å²) >= 11 is 0. The van der Waals surface area contributed by atoms with E-state index in [9.17, 15) is 14.4 Å². The van der Waals surface area contributed by atoms with Crippen LogP contribution in [0.5, 0.6) is 0 Å². The lowest BCUT2D eigenvalue weighted by Gasteiger charge is -2.08. The normalized spacial score (nSPS) is 14.2. The Bertz CT molecular complexity index is 1220. The van der Waals surface area contributed by atoms with Crippen LogP contribution in [0.25, 0.3) is 22.6 Å². The van der Waals surface area contributed by atoms with Crippen molar-refractivity contribution < 1.29 is 14.7 Å². The molecule has 1 amide bonds. The summed E-state index contributed by atoms with van der Waals surface area (Å²) in [4.78, 5) is 39.6. The number of nitrogens with one attached hydrogen (secondary N) is 1. The van der Waals surface area contributed by atoms with Gasteiger partial charge in [0, 0.05) is 12.2 Å². The lowest BCUT2D eigenvalue weighted by Crippen LogP contribution is -2.23. The third kappa shape index (κ3) is 3.07. The van der Waals surface area contributed by atoms with Gasteiger partial charge in [-0.25, -0.2) is 9.78 Å². The van der Waals surface area contributed by atoms with Gasteiger partial charge in [0.1, 0.15) is 5.82 Å². The summed E-state index contributed by atoms with van der Waals surface area (Å²) in [6.45, 7) is 2.59. The number of hydrogen-bond donors (Lipinski definition) is 2. The molecule has 4 rings (SSSR count). The first-order valence-corrected chi connectivity index (χ1v) is 8.79. The molecule has 0 saturated heterocycles. The second-order valence-corrected chi connectivity index (χ2v) is 6.66. The van der Waals surface area contributed by atoms with Gasteiger partial charge in [-0.3, -0.25) is 14.2 Å². The Kier molecular flexibility index (Phi) is 4.27. The van der Waals surface area contributed by atoms with Gasteiger partial charge >= 0.3 is 11.9 Å². The summed E-state index contributed by atoms with van der Waals surface area (Å²) in [5, 5.41) is 11.4. The minimum absolute atomic E-state index is 0.149. The second kappa shape index (κ2) is 6.77. The highest BCUT2D eigenvalue weighted by atomic mass is 16.4. The van der Waals surface area contributed by atoms with Crippen LogP contribution in [0.4, 0.5) is 5.69 Å². The van der Waals surface area contributed by atoms with Crippen LogP contribution >= 0.6 is 0 Å². The van der Waals surface area contributed by atoms with Gasteiger partial charge in [0.25, 0.3) is 5.56 Å². The topological polar surface area (TPSA) is 101 Å². The molecule has 1 aliphatic rings. The van der Waals surface area contributed by atoms with E-state index in [-0.39, 0.29) is 11.2 Å². The molecule has 0 fully saturated rings. The van der Waals surface area contributed by atoms with Crippen LogP contribution in [0.3, 0.4) is 0 Å². The zero-order valence-corrected chi connectivity index (χ0v) is 15.1. The molecule has 0 radical (unpaired) electrons. The summed E-state index contributed by atoms with van der Waals surface area (Å²) in [5.74, 6) is -2.12. The van der Waals surface area contributed by atoms with Gasteiger partial charge in [-0.1, -0.05) is 24.3 Å². The first kappa shape index (κ1) is 17.7. The van der Waals surface area contributed by atoms with Crippen LogP contribution in [0, 0.1) is 6.92 Å². The molecule has 0 unspecified atom stereocenters. The molecule has 0 spiro atoms. The fourth-order valence-electron chi connectivity index (χ4n) is 3.35. The van der Waals surface area contributed by atoms with Gasteiger partial charge in [0.15, 0.2) is 0 Å². The summed E-state index contributed by atoms with van der Waals surface area (Å²) in [7, 11) is 0. The molecule has 140 valence electrons. The molecule has 0 bridgehead atoms. The molecule has 1 aliphatic heterocycles. The molecule has 28 heavy (non-hydrogen) atoms. The number of hydrogen-bond acceptors (Lipinski definition) is 4. The fraction of sp³-hybridized carbons (Fsp3) is 0.143. The van der Waals surface area contributed by atoms with Gasteiger partial charge in [-0.15, -0.1) is 0 Å². The van der Waals surface area contributed by atoms with Crippen LogP contribution in [0.1, 0.15) is 23.4 Å². The molecule has 7 heteroatoms. The largest absolute Gasteiger partial charge is 0.474 e. The lowest BCUT2D eigenvalue weighted by molar-refractivity contribution is -0.147. The predicted molar refractivity (Wildman–Crippen MR) is 106 cm³/mol. The Balaban J connectivity index is 1.81. The Morgan fingerprint density at radius 2 is 2.00 bits per heavy atom. The van der Waals surface area contributed by atoms with E-state index in [0.29, 0.717) is 29.7 Å². The number of benzene rings is 2. The van der Waals surface area contributed by atoms with Crippen molar-refractivity contribution in [1.82, 2.24) is 9.55 Å². The fourth-order valence-corrected chi connectivity index (χ4v) is 3.35. The minimum atomic E-state index is -1.58. The van der Waals surface area contributed by atoms with Gasteiger partial charge in [0.05, 0.1) is 10.9 Å². The number of carboxylic acids is 1. The highest BCUT2D eigenvalue weighted by Crippen LogP contribution is 2.28. The standard InChI is InChI=1S/C21H17N3O4/c1-12-4-2-3-5-13(12)10-14-8-9-24-18(14)23-17-11-15(22-19(25)21(27)28)6-7-16(17)20(24)26/h2-7,10-11H,8-9H2,1H3,(H,22,25)(H,27,28). The summed E-state index contributed by atoms with van der Waals surface area (Å²) in [6.07, 6.45) is 2.75. The van der Waals surface area contributed by atoms with E-state index in [2.05, 4.69) is 10.3 Å². The van der Waals surface area contributed by atoms with Crippen molar-refractivity contribution in [3.63, 3.8) is 0 Å². The van der Waals surface area contributed by atoms with E-state index in [1.54, 1.807) is 10.6 Å². The molecule has 2 heterocycles. The monoisotopic (exact) mass is 375 g/mol. The molecule has 2 N–H and O–H groups in total. The van der Waals surface area contributed by atoms with E-state index in [1.807, 2.05) is 37.3 Å². The number of carboxylic acid groups (broad SMARTS) is 1. The van der Waals surface area contributed by atoms with Crippen molar-refractivity contribution in [3.8, 4) is 0 Å². The number of aryl methyl sites for hydroxylation is 1. The predicted octanol–water partition coefficient (Wildman–Crippen LogP) is 2.67. The number of carbonyl (C=O) groups excluding carboxylic acids is 1. The smallest absolute Gasteiger partial charge is 0.394 e. The number of aliphatic carboxylic acids is 1. The van der Waals surface area contributed by atoms with Crippen LogP contribution < -0.4 is 10.9 Å². The highest BCUT2D eigenvalue weighted by molar-refractivity contribution is 6.36. The van der Waals surface area contributed by atoms with E-state index in [4.69, 9.17) is 5.11 Å². The quantitative estimate of drug-likeness (QED) is 0.671. The number of fused-ring (bicyclic) bond motifs is 2.